The molecule has 1 aliphatic rings. The lowest BCUT2D eigenvalue weighted by molar-refractivity contribution is 0.103. The van der Waals surface area contributed by atoms with E-state index in [0.29, 0.717) is 39.7 Å². The van der Waals surface area contributed by atoms with Crippen molar-refractivity contribution in [1.82, 2.24) is 19.6 Å². The van der Waals surface area contributed by atoms with Gasteiger partial charge in [0.1, 0.15) is 23.3 Å². The Balaban J connectivity index is 1.65. The summed E-state index contributed by atoms with van der Waals surface area (Å²) in [6.07, 6.45) is 7.26. The number of fused-ring (bicyclic) bond motifs is 1. The molecule has 2 aromatic carbocycles. The molecular formula is C23H17N5O2. The van der Waals surface area contributed by atoms with Crippen LogP contribution in [0.15, 0.2) is 73.1 Å². The molecule has 7 nitrogen and oxygen atoms in total. The number of anilines is 1. The number of rotatable bonds is 5. The maximum Gasteiger partial charge on any atom is 0.196 e. The van der Waals surface area contributed by atoms with Crippen molar-refractivity contribution in [2.75, 3.05) is 12.8 Å². The molecule has 146 valence electrons. The SMILES string of the molecule is COc1cc(-c2nc(C3=CC=C3)n3ncnc(N)c23)ccc1C(=O)c1ccccc1. The average Bonchev–Trinajstić information content (AvgIpc) is 3.13. The normalized spacial score (nSPS) is 12.5. The number of nitrogen functional groups attached to an aromatic ring is 1. The molecule has 1 aliphatic carbocycles. The molecule has 0 saturated carbocycles. The number of ketones is 1. The lowest BCUT2D eigenvalue weighted by atomic mass is 10.00. The van der Waals surface area contributed by atoms with Crippen LogP contribution in [0.3, 0.4) is 0 Å². The summed E-state index contributed by atoms with van der Waals surface area (Å²) in [5.41, 5.74) is 10.2. The van der Waals surface area contributed by atoms with E-state index in [0.717, 1.165) is 11.1 Å². The van der Waals surface area contributed by atoms with Crippen LogP contribution in [0.25, 0.3) is 22.3 Å². The molecule has 0 amide bonds. The second-order valence-corrected chi connectivity index (χ2v) is 6.78. The summed E-state index contributed by atoms with van der Waals surface area (Å²) >= 11 is 0. The fourth-order valence-electron chi connectivity index (χ4n) is 3.46. The molecule has 4 aromatic rings. The molecule has 0 fully saturated rings. The van der Waals surface area contributed by atoms with Crippen LogP contribution in [0.2, 0.25) is 0 Å². The van der Waals surface area contributed by atoms with Gasteiger partial charge in [-0.1, -0.05) is 54.6 Å². The van der Waals surface area contributed by atoms with Crippen molar-refractivity contribution in [3.8, 4) is 17.0 Å². The Morgan fingerprint density at radius 1 is 1.13 bits per heavy atom. The second kappa shape index (κ2) is 6.97. The molecule has 0 saturated heterocycles. The van der Waals surface area contributed by atoms with Crippen molar-refractivity contribution < 1.29 is 9.53 Å². The number of hydrogen-bond donors (Lipinski definition) is 1. The van der Waals surface area contributed by atoms with Gasteiger partial charge >= 0.3 is 0 Å². The van der Waals surface area contributed by atoms with Crippen LogP contribution in [0, 0.1) is 0 Å². The second-order valence-electron chi connectivity index (χ2n) is 6.78. The Kier molecular flexibility index (Phi) is 4.14. The minimum Gasteiger partial charge on any atom is -0.496 e. The molecule has 30 heavy (non-hydrogen) atoms. The zero-order valence-corrected chi connectivity index (χ0v) is 16.1. The van der Waals surface area contributed by atoms with Gasteiger partial charge in [-0.2, -0.15) is 5.10 Å². The Hall–Kier alpha value is -4.26. The first-order valence-corrected chi connectivity index (χ1v) is 9.33. The van der Waals surface area contributed by atoms with Gasteiger partial charge in [-0.25, -0.2) is 14.5 Å². The molecule has 7 heteroatoms. The van der Waals surface area contributed by atoms with E-state index in [4.69, 9.17) is 15.5 Å². The minimum absolute atomic E-state index is 0.109. The molecule has 0 aliphatic heterocycles. The summed E-state index contributed by atoms with van der Waals surface area (Å²) in [6.45, 7) is 0. The average molecular weight is 395 g/mol. The molecule has 0 spiro atoms. The summed E-state index contributed by atoms with van der Waals surface area (Å²) in [7, 11) is 1.54. The minimum atomic E-state index is -0.109. The van der Waals surface area contributed by atoms with Crippen LogP contribution < -0.4 is 10.5 Å². The first-order valence-electron chi connectivity index (χ1n) is 9.33. The molecular weight excluding hydrogens is 378 g/mol. The lowest BCUT2D eigenvalue weighted by Gasteiger charge is -2.10. The fourth-order valence-corrected chi connectivity index (χ4v) is 3.46. The van der Waals surface area contributed by atoms with E-state index in [1.807, 2.05) is 42.5 Å². The summed E-state index contributed by atoms with van der Waals surface area (Å²) in [6, 6.07) is 14.5. The van der Waals surface area contributed by atoms with Crippen LogP contribution in [0.4, 0.5) is 5.82 Å². The lowest BCUT2D eigenvalue weighted by Crippen LogP contribution is -2.04. The van der Waals surface area contributed by atoms with Crippen molar-refractivity contribution in [3.63, 3.8) is 0 Å². The van der Waals surface area contributed by atoms with Crippen molar-refractivity contribution >= 4 is 22.7 Å². The third-order valence-corrected chi connectivity index (χ3v) is 5.03. The highest BCUT2D eigenvalue weighted by Gasteiger charge is 2.22. The predicted molar refractivity (Wildman–Crippen MR) is 114 cm³/mol. The Bertz CT molecular complexity index is 1350. The number of hydrogen-bond acceptors (Lipinski definition) is 6. The van der Waals surface area contributed by atoms with Gasteiger partial charge in [0.25, 0.3) is 0 Å². The summed E-state index contributed by atoms with van der Waals surface area (Å²) < 4.78 is 7.22. The van der Waals surface area contributed by atoms with E-state index in [9.17, 15) is 4.79 Å². The van der Waals surface area contributed by atoms with Crippen molar-refractivity contribution in [3.05, 3.63) is 90.0 Å². The van der Waals surface area contributed by atoms with Crippen LogP contribution in [-0.4, -0.2) is 32.5 Å². The third kappa shape index (κ3) is 2.76. The van der Waals surface area contributed by atoms with Gasteiger partial charge < -0.3 is 10.5 Å². The van der Waals surface area contributed by atoms with E-state index >= 15 is 0 Å². The Morgan fingerprint density at radius 3 is 2.63 bits per heavy atom. The number of allylic oxidation sites excluding steroid dienone is 4. The zero-order valence-electron chi connectivity index (χ0n) is 16.1. The molecule has 0 unspecified atom stereocenters. The number of nitrogens with zero attached hydrogens (tertiary/aromatic N) is 4. The number of imidazole rings is 1. The van der Waals surface area contributed by atoms with Crippen LogP contribution >= 0.6 is 0 Å². The van der Waals surface area contributed by atoms with Gasteiger partial charge in [-0.05, 0) is 12.1 Å². The van der Waals surface area contributed by atoms with Crippen LogP contribution in [0.1, 0.15) is 21.7 Å². The van der Waals surface area contributed by atoms with Crippen LogP contribution in [0.5, 0.6) is 5.75 Å². The molecule has 2 N–H and O–H groups in total. The standard InChI is InChI=1S/C23H17N5O2/c1-30-18-12-16(10-11-17(18)21(29)14-6-3-2-4-7-14)19-20-22(24)25-13-26-28(20)23(27-19)15-8-5-9-15/h2-13H,1H3,(H2,24,25,26). The number of carbonyl (C=O) groups excluding carboxylic acids is 1. The maximum absolute atomic E-state index is 12.9. The highest BCUT2D eigenvalue weighted by Crippen LogP contribution is 2.34. The monoisotopic (exact) mass is 395 g/mol. The van der Waals surface area contributed by atoms with E-state index < -0.39 is 0 Å². The van der Waals surface area contributed by atoms with E-state index in [1.54, 1.807) is 35.9 Å². The largest absolute Gasteiger partial charge is 0.496 e. The van der Waals surface area contributed by atoms with Gasteiger partial charge in [-0.3, -0.25) is 4.79 Å². The summed E-state index contributed by atoms with van der Waals surface area (Å²) in [5.74, 6) is 1.36. The zero-order chi connectivity index (χ0) is 20.7. The van der Waals surface area contributed by atoms with Crippen molar-refractivity contribution in [2.24, 2.45) is 0 Å². The first-order chi connectivity index (χ1) is 14.7. The number of ether oxygens (including phenoxy) is 1. The first kappa shape index (κ1) is 17.8. The van der Waals surface area contributed by atoms with Gasteiger partial charge in [0.2, 0.25) is 0 Å². The van der Waals surface area contributed by atoms with Crippen molar-refractivity contribution in [2.45, 2.75) is 0 Å². The van der Waals surface area contributed by atoms with E-state index in [2.05, 4.69) is 10.1 Å². The molecule has 2 aromatic heterocycles. The highest BCUT2D eigenvalue weighted by atomic mass is 16.5. The topological polar surface area (TPSA) is 95.4 Å². The predicted octanol–water partition coefficient (Wildman–Crippen LogP) is 3.57. The number of benzene rings is 2. The summed E-state index contributed by atoms with van der Waals surface area (Å²) in [4.78, 5) is 21.8. The molecule has 0 bridgehead atoms. The fraction of sp³-hybridized carbons (Fsp3) is 0.0435. The van der Waals surface area contributed by atoms with E-state index in [1.165, 1.54) is 6.33 Å². The Morgan fingerprint density at radius 2 is 1.93 bits per heavy atom. The third-order valence-electron chi connectivity index (χ3n) is 5.03. The quantitative estimate of drug-likeness (QED) is 0.519. The van der Waals surface area contributed by atoms with Gasteiger partial charge in [0.15, 0.2) is 17.4 Å². The molecule has 0 radical (unpaired) electrons. The summed E-state index contributed by atoms with van der Waals surface area (Å²) in [5, 5.41) is 4.32. The number of nitrogens with two attached hydrogens (primary N) is 1. The van der Waals surface area contributed by atoms with Crippen LogP contribution in [-0.2, 0) is 0 Å². The van der Waals surface area contributed by atoms with Gasteiger partial charge in [0, 0.05) is 16.7 Å². The number of aromatic nitrogens is 4. The maximum atomic E-state index is 12.9. The number of carbonyl (C=O) groups is 1. The van der Waals surface area contributed by atoms with E-state index in [-0.39, 0.29) is 5.78 Å². The van der Waals surface area contributed by atoms with Gasteiger partial charge in [-0.15, -0.1) is 0 Å². The Labute approximate surface area is 172 Å². The van der Waals surface area contributed by atoms with Gasteiger partial charge in [0.05, 0.1) is 12.7 Å². The smallest absolute Gasteiger partial charge is 0.196 e. The van der Waals surface area contributed by atoms with Crippen molar-refractivity contribution in [1.29, 1.82) is 0 Å². The highest BCUT2D eigenvalue weighted by molar-refractivity contribution is 6.11. The molecule has 2 heterocycles. The number of methoxy groups -OCH3 is 1. The molecule has 0 atom stereocenters. The molecule has 5 rings (SSSR count).